The smallest absolute Gasteiger partial charge is 0.255 e. The fourth-order valence-electron chi connectivity index (χ4n) is 4.61. The van der Waals surface area contributed by atoms with Crippen LogP contribution in [0.4, 0.5) is 8.78 Å². The van der Waals surface area contributed by atoms with Crippen molar-refractivity contribution in [2.75, 3.05) is 6.54 Å². The Morgan fingerprint density at radius 2 is 1.88 bits per heavy atom. The van der Waals surface area contributed by atoms with E-state index in [-0.39, 0.29) is 40.9 Å². The summed E-state index contributed by atoms with van der Waals surface area (Å²) in [6, 6.07) is 4.11. The number of nitrogens with zero attached hydrogens (tertiary/aromatic N) is 5. The molecular formula is C23H21F2N5O2. The summed E-state index contributed by atoms with van der Waals surface area (Å²) in [5.74, 6) is -0.904. The summed E-state index contributed by atoms with van der Waals surface area (Å²) in [5, 5.41) is 0. The van der Waals surface area contributed by atoms with Crippen LogP contribution in [0, 0.1) is 24.5 Å². The van der Waals surface area contributed by atoms with Crippen molar-refractivity contribution in [3.05, 3.63) is 65.9 Å². The Morgan fingerprint density at radius 3 is 2.59 bits per heavy atom. The minimum Gasteiger partial charge on any atom is -0.471 e. The molecule has 1 amide bonds. The van der Waals surface area contributed by atoms with Gasteiger partial charge in [0.25, 0.3) is 5.91 Å². The number of hydrogen-bond donors (Lipinski definition) is 0. The molecule has 0 radical (unpaired) electrons. The van der Waals surface area contributed by atoms with Gasteiger partial charge in [-0.15, -0.1) is 0 Å². The number of halogens is 2. The third kappa shape index (κ3) is 3.79. The Labute approximate surface area is 183 Å². The minimum absolute atomic E-state index is 0.0270. The SMILES string of the molecule is Cc1cnc(OC2CC3CCC2N(C(=O)c2cccc(F)c2-c2ncc(F)cn2)C3)cn1. The first kappa shape index (κ1) is 20.4. The third-order valence-electron chi connectivity index (χ3n) is 6.10. The molecule has 2 aliphatic heterocycles. The van der Waals surface area contributed by atoms with Gasteiger partial charge in [0.15, 0.2) is 11.6 Å². The lowest BCUT2D eigenvalue weighted by atomic mass is 9.77. The maximum Gasteiger partial charge on any atom is 0.255 e. The zero-order valence-electron chi connectivity index (χ0n) is 17.4. The quantitative estimate of drug-likeness (QED) is 0.621. The van der Waals surface area contributed by atoms with E-state index in [1.807, 2.05) is 6.92 Å². The number of aromatic nitrogens is 4. The van der Waals surface area contributed by atoms with E-state index in [1.165, 1.54) is 12.1 Å². The molecule has 1 saturated carbocycles. The number of benzene rings is 1. The molecule has 3 fully saturated rings. The van der Waals surface area contributed by atoms with Gasteiger partial charge in [-0.25, -0.2) is 23.7 Å². The van der Waals surface area contributed by atoms with Crippen LogP contribution in [-0.4, -0.2) is 49.4 Å². The lowest BCUT2D eigenvalue weighted by molar-refractivity contribution is -0.0314. The Balaban J connectivity index is 1.45. The van der Waals surface area contributed by atoms with E-state index in [1.54, 1.807) is 23.4 Å². The average Bonchev–Trinajstić information content (AvgIpc) is 2.81. The summed E-state index contributed by atoms with van der Waals surface area (Å²) in [6.07, 6.45) is 7.53. The lowest BCUT2D eigenvalue weighted by Gasteiger charge is -2.49. The van der Waals surface area contributed by atoms with E-state index >= 15 is 0 Å². The molecule has 164 valence electrons. The second-order valence-corrected chi connectivity index (χ2v) is 8.24. The largest absolute Gasteiger partial charge is 0.471 e. The van der Waals surface area contributed by atoms with Crippen LogP contribution in [0.25, 0.3) is 11.4 Å². The lowest BCUT2D eigenvalue weighted by Crippen LogP contribution is -2.59. The molecule has 3 aliphatic rings. The van der Waals surface area contributed by atoms with Crippen LogP contribution in [0.15, 0.2) is 43.0 Å². The maximum atomic E-state index is 14.8. The van der Waals surface area contributed by atoms with Crippen molar-refractivity contribution in [2.45, 2.75) is 38.3 Å². The van der Waals surface area contributed by atoms with Crippen molar-refractivity contribution in [3.8, 4) is 17.3 Å². The highest BCUT2D eigenvalue weighted by atomic mass is 19.1. The number of piperidine rings is 2. The first-order chi connectivity index (χ1) is 15.5. The van der Waals surface area contributed by atoms with Crippen molar-refractivity contribution < 1.29 is 18.3 Å². The van der Waals surface area contributed by atoms with Crippen molar-refractivity contribution in [3.63, 3.8) is 0 Å². The van der Waals surface area contributed by atoms with Crippen molar-refractivity contribution in [1.29, 1.82) is 0 Å². The van der Waals surface area contributed by atoms with Gasteiger partial charge in [-0.2, -0.15) is 0 Å². The van der Waals surface area contributed by atoms with Crippen LogP contribution < -0.4 is 4.74 Å². The summed E-state index contributed by atoms with van der Waals surface area (Å²) in [5.41, 5.74) is 0.916. The van der Waals surface area contributed by atoms with E-state index in [4.69, 9.17) is 4.74 Å². The summed E-state index contributed by atoms with van der Waals surface area (Å²) in [7, 11) is 0. The van der Waals surface area contributed by atoms with Gasteiger partial charge < -0.3 is 9.64 Å². The van der Waals surface area contributed by atoms with Crippen LogP contribution in [-0.2, 0) is 0 Å². The molecule has 7 nitrogen and oxygen atoms in total. The Hall–Kier alpha value is -3.49. The average molecular weight is 437 g/mol. The number of rotatable bonds is 4. The molecule has 3 atom stereocenters. The zero-order chi connectivity index (χ0) is 22.2. The monoisotopic (exact) mass is 437 g/mol. The van der Waals surface area contributed by atoms with Gasteiger partial charge in [-0.3, -0.25) is 9.78 Å². The number of fused-ring (bicyclic) bond motifs is 3. The molecule has 0 N–H and O–H groups in total. The number of ether oxygens (including phenoxy) is 1. The second kappa shape index (κ2) is 8.22. The molecule has 3 aromatic rings. The molecule has 3 unspecified atom stereocenters. The van der Waals surface area contributed by atoms with Gasteiger partial charge in [0.2, 0.25) is 5.88 Å². The molecule has 32 heavy (non-hydrogen) atoms. The van der Waals surface area contributed by atoms with Gasteiger partial charge in [-0.1, -0.05) is 6.07 Å². The summed E-state index contributed by atoms with van der Waals surface area (Å²) in [6.45, 7) is 2.42. The molecule has 1 aliphatic carbocycles. The summed E-state index contributed by atoms with van der Waals surface area (Å²) < 4.78 is 34.1. The van der Waals surface area contributed by atoms with E-state index in [9.17, 15) is 13.6 Å². The van der Waals surface area contributed by atoms with E-state index < -0.39 is 11.6 Å². The molecule has 9 heteroatoms. The van der Waals surface area contributed by atoms with Gasteiger partial charge in [0.1, 0.15) is 11.9 Å². The fraction of sp³-hybridized carbons (Fsp3) is 0.348. The molecular weight excluding hydrogens is 416 g/mol. The van der Waals surface area contributed by atoms with Gasteiger partial charge in [0, 0.05) is 6.54 Å². The maximum absolute atomic E-state index is 14.8. The Bertz CT molecular complexity index is 1140. The first-order valence-electron chi connectivity index (χ1n) is 10.5. The number of carbonyl (C=O) groups excluding carboxylic acids is 1. The molecule has 2 saturated heterocycles. The Morgan fingerprint density at radius 1 is 1.06 bits per heavy atom. The van der Waals surface area contributed by atoms with Crippen molar-refractivity contribution >= 4 is 5.91 Å². The predicted molar refractivity (Wildman–Crippen MR) is 111 cm³/mol. The number of amides is 1. The van der Waals surface area contributed by atoms with Crippen LogP contribution >= 0.6 is 0 Å². The highest BCUT2D eigenvalue weighted by Gasteiger charge is 2.45. The number of aryl methyl sites for hydroxylation is 1. The minimum atomic E-state index is -0.634. The second-order valence-electron chi connectivity index (χ2n) is 8.24. The first-order valence-corrected chi connectivity index (χ1v) is 10.5. The standard InChI is InChI=1S/C23H21F2N5O2/c1-13-8-27-20(11-26-13)32-19-7-14-5-6-18(19)30(12-14)23(31)16-3-2-4-17(25)21(16)22-28-9-15(24)10-29-22/h2-4,8-11,14,18-19H,5-7,12H2,1H3. The normalized spacial score (nSPS) is 22.1. The topological polar surface area (TPSA) is 81.1 Å². The van der Waals surface area contributed by atoms with E-state index in [2.05, 4.69) is 19.9 Å². The number of carbonyl (C=O) groups is 1. The fourth-order valence-corrected chi connectivity index (χ4v) is 4.61. The van der Waals surface area contributed by atoms with Gasteiger partial charge in [-0.05, 0) is 44.2 Å². The third-order valence-corrected chi connectivity index (χ3v) is 6.10. The molecule has 0 spiro atoms. The van der Waals surface area contributed by atoms with E-state index in [0.29, 0.717) is 12.4 Å². The van der Waals surface area contributed by atoms with Crippen LogP contribution in [0.3, 0.4) is 0 Å². The molecule has 6 rings (SSSR count). The molecule has 4 heterocycles. The summed E-state index contributed by atoms with van der Waals surface area (Å²) in [4.78, 5) is 31.6. The zero-order valence-corrected chi connectivity index (χ0v) is 17.4. The summed E-state index contributed by atoms with van der Waals surface area (Å²) >= 11 is 0. The van der Waals surface area contributed by atoms with Crippen LogP contribution in [0.5, 0.6) is 5.88 Å². The van der Waals surface area contributed by atoms with Crippen molar-refractivity contribution in [1.82, 2.24) is 24.8 Å². The van der Waals surface area contributed by atoms with E-state index in [0.717, 1.165) is 37.4 Å². The highest BCUT2D eigenvalue weighted by Crippen LogP contribution is 2.38. The number of hydrogen-bond acceptors (Lipinski definition) is 6. The Kier molecular flexibility index (Phi) is 5.24. The van der Waals surface area contributed by atoms with Crippen LogP contribution in [0.1, 0.15) is 35.3 Å². The highest BCUT2D eigenvalue weighted by molar-refractivity contribution is 6.00. The van der Waals surface area contributed by atoms with Gasteiger partial charge in [0.05, 0.1) is 47.7 Å². The van der Waals surface area contributed by atoms with Crippen molar-refractivity contribution in [2.24, 2.45) is 5.92 Å². The predicted octanol–water partition coefficient (Wildman–Crippen LogP) is 3.59. The molecule has 2 bridgehead atoms. The van der Waals surface area contributed by atoms with Crippen LogP contribution in [0.2, 0.25) is 0 Å². The molecule has 2 aromatic heterocycles. The van der Waals surface area contributed by atoms with Gasteiger partial charge >= 0.3 is 0 Å². The molecule has 1 aromatic carbocycles.